The first-order valence-corrected chi connectivity index (χ1v) is 8.82. The van der Waals surface area contributed by atoms with Gasteiger partial charge in [0.2, 0.25) is 0 Å². The number of hydrazine groups is 1. The lowest BCUT2D eigenvalue weighted by atomic mass is 10.2. The highest BCUT2D eigenvalue weighted by Gasteiger charge is 2.33. The number of benzene rings is 2. The average Bonchev–Trinajstić information content (AvgIpc) is 2.59. The summed E-state index contributed by atoms with van der Waals surface area (Å²) in [4.78, 5) is 11.4. The van der Waals surface area contributed by atoms with Crippen LogP contribution in [0.3, 0.4) is 0 Å². The second kappa shape index (κ2) is 7.52. The van der Waals surface area contributed by atoms with Crippen LogP contribution >= 0.6 is 11.6 Å². The van der Waals surface area contributed by atoms with Gasteiger partial charge in [-0.25, -0.2) is 14.3 Å². The molecule has 0 fully saturated rings. The molecule has 6 nitrogen and oxygen atoms in total. The van der Waals surface area contributed by atoms with E-state index >= 15 is 0 Å². The van der Waals surface area contributed by atoms with Crippen molar-refractivity contribution in [1.82, 2.24) is 5.43 Å². The summed E-state index contributed by atoms with van der Waals surface area (Å²) in [5, 5.41) is 0.272. The van der Waals surface area contributed by atoms with Crippen LogP contribution in [0.4, 0.5) is 18.9 Å². The van der Waals surface area contributed by atoms with Crippen LogP contribution in [0.15, 0.2) is 53.4 Å². The van der Waals surface area contributed by atoms with Crippen molar-refractivity contribution in [1.29, 1.82) is 0 Å². The largest absolute Gasteiger partial charge is 0.416 e. The number of halogens is 4. The van der Waals surface area contributed by atoms with Crippen LogP contribution in [0.5, 0.6) is 0 Å². The number of carbonyl (C=O) groups is 1. The van der Waals surface area contributed by atoms with E-state index in [9.17, 15) is 26.4 Å². The summed E-state index contributed by atoms with van der Waals surface area (Å²) in [6, 6.07) is 8.59. The number of nitrogens with two attached hydrogens (primary N) is 1. The van der Waals surface area contributed by atoms with Crippen molar-refractivity contribution in [3.63, 3.8) is 0 Å². The summed E-state index contributed by atoms with van der Waals surface area (Å²) in [6.07, 6.45) is -4.68. The first-order chi connectivity index (χ1) is 12.1. The molecule has 1 amide bonds. The van der Waals surface area contributed by atoms with Gasteiger partial charge in [0, 0.05) is 5.02 Å². The van der Waals surface area contributed by atoms with E-state index in [0.29, 0.717) is 10.4 Å². The molecule has 0 heterocycles. The van der Waals surface area contributed by atoms with Gasteiger partial charge in [0.1, 0.15) is 6.54 Å². The second-order valence-corrected chi connectivity index (χ2v) is 7.38. The Bertz CT molecular complexity index is 902. The quantitative estimate of drug-likeness (QED) is 0.452. The van der Waals surface area contributed by atoms with Gasteiger partial charge in [0.15, 0.2) is 0 Å². The van der Waals surface area contributed by atoms with E-state index in [2.05, 4.69) is 0 Å². The highest BCUT2D eigenvalue weighted by Crippen LogP contribution is 2.33. The van der Waals surface area contributed by atoms with Crippen molar-refractivity contribution < 1.29 is 26.4 Å². The fourth-order valence-corrected chi connectivity index (χ4v) is 3.60. The molecule has 0 aliphatic carbocycles. The number of hydrogen-bond acceptors (Lipinski definition) is 4. The number of hydrogen-bond donors (Lipinski definition) is 2. The Morgan fingerprint density at radius 3 is 2.31 bits per heavy atom. The number of amides is 1. The van der Waals surface area contributed by atoms with Crippen LogP contribution in [0.25, 0.3) is 0 Å². The maximum Gasteiger partial charge on any atom is 0.416 e. The van der Waals surface area contributed by atoms with Gasteiger partial charge in [-0.15, -0.1) is 0 Å². The molecule has 0 aliphatic heterocycles. The van der Waals surface area contributed by atoms with Gasteiger partial charge in [-0.1, -0.05) is 17.7 Å². The Kier molecular flexibility index (Phi) is 5.79. The molecule has 2 rings (SSSR count). The number of rotatable bonds is 5. The predicted octanol–water partition coefficient (Wildman–Crippen LogP) is 2.54. The van der Waals surface area contributed by atoms with Crippen molar-refractivity contribution in [2.24, 2.45) is 5.84 Å². The summed E-state index contributed by atoms with van der Waals surface area (Å²) >= 11 is 5.72. The molecule has 26 heavy (non-hydrogen) atoms. The normalized spacial score (nSPS) is 11.9. The molecule has 2 aromatic rings. The van der Waals surface area contributed by atoms with Crippen molar-refractivity contribution in [2.75, 3.05) is 10.8 Å². The molecular formula is C15H13ClF3N3O3S. The summed E-state index contributed by atoms with van der Waals surface area (Å²) in [5.41, 5.74) is 0.363. The van der Waals surface area contributed by atoms with Crippen molar-refractivity contribution >= 4 is 33.2 Å². The van der Waals surface area contributed by atoms with Gasteiger partial charge in [0.05, 0.1) is 16.1 Å². The molecule has 0 radical (unpaired) electrons. The van der Waals surface area contributed by atoms with E-state index in [1.165, 1.54) is 24.3 Å². The minimum Gasteiger partial charge on any atom is -0.293 e. The van der Waals surface area contributed by atoms with Gasteiger partial charge in [-0.2, -0.15) is 13.2 Å². The lowest BCUT2D eigenvalue weighted by Gasteiger charge is -2.24. The van der Waals surface area contributed by atoms with E-state index in [4.69, 9.17) is 17.4 Å². The highest BCUT2D eigenvalue weighted by molar-refractivity contribution is 7.92. The zero-order valence-electron chi connectivity index (χ0n) is 13.0. The number of nitrogens with one attached hydrogen (secondary N) is 1. The van der Waals surface area contributed by atoms with E-state index in [-0.39, 0.29) is 15.6 Å². The van der Waals surface area contributed by atoms with E-state index in [0.717, 1.165) is 18.2 Å². The maximum atomic E-state index is 12.9. The fourth-order valence-electron chi connectivity index (χ4n) is 2.06. The van der Waals surface area contributed by atoms with Gasteiger partial charge in [-0.3, -0.25) is 14.5 Å². The summed E-state index contributed by atoms with van der Waals surface area (Å²) < 4.78 is 65.0. The van der Waals surface area contributed by atoms with Crippen LogP contribution in [-0.4, -0.2) is 20.9 Å². The molecule has 0 saturated carbocycles. The Hall–Kier alpha value is -2.30. The minimum absolute atomic E-state index is 0.246. The first-order valence-electron chi connectivity index (χ1n) is 7.00. The molecular weight excluding hydrogens is 395 g/mol. The number of anilines is 1. The summed E-state index contributed by atoms with van der Waals surface area (Å²) in [7, 11) is -4.35. The molecule has 140 valence electrons. The van der Waals surface area contributed by atoms with Gasteiger partial charge < -0.3 is 0 Å². The third-order valence-corrected chi connectivity index (χ3v) is 5.35. The Morgan fingerprint density at radius 1 is 1.15 bits per heavy atom. The molecule has 2 aromatic carbocycles. The number of sulfonamides is 1. The average molecular weight is 408 g/mol. The molecule has 0 atom stereocenters. The van der Waals surface area contributed by atoms with Crippen LogP contribution < -0.4 is 15.6 Å². The Labute approximate surface area is 152 Å². The third-order valence-electron chi connectivity index (χ3n) is 3.31. The van der Waals surface area contributed by atoms with Crippen LogP contribution in [0.2, 0.25) is 5.02 Å². The SMILES string of the molecule is NNC(=O)CN(c1cccc(C(F)(F)F)c1)S(=O)(=O)c1ccc(Cl)cc1. The topological polar surface area (TPSA) is 92.5 Å². The van der Waals surface area contributed by atoms with E-state index in [1.54, 1.807) is 5.43 Å². The van der Waals surface area contributed by atoms with Crippen molar-refractivity contribution in [3.05, 3.63) is 59.1 Å². The van der Waals surface area contributed by atoms with Gasteiger partial charge >= 0.3 is 6.18 Å². The van der Waals surface area contributed by atoms with Crippen LogP contribution in [0.1, 0.15) is 5.56 Å². The smallest absolute Gasteiger partial charge is 0.293 e. The van der Waals surface area contributed by atoms with E-state index < -0.39 is 34.2 Å². The summed E-state index contributed by atoms with van der Waals surface area (Å²) in [5.74, 6) is 4.08. The predicted molar refractivity (Wildman–Crippen MR) is 89.8 cm³/mol. The molecule has 11 heteroatoms. The fraction of sp³-hybridized carbons (Fsp3) is 0.133. The molecule has 0 unspecified atom stereocenters. The molecule has 0 aliphatic rings. The van der Waals surface area contributed by atoms with Gasteiger partial charge in [0.25, 0.3) is 15.9 Å². The number of alkyl halides is 3. The minimum atomic E-state index is -4.68. The number of carbonyl (C=O) groups excluding carboxylic acids is 1. The summed E-state index contributed by atoms with van der Waals surface area (Å²) in [6.45, 7) is -0.803. The zero-order chi connectivity index (χ0) is 19.5. The van der Waals surface area contributed by atoms with Gasteiger partial charge in [-0.05, 0) is 42.5 Å². The number of nitrogens with zero attached hydrogens (tertiary/aromatic N) is 1. The second-order valence-electron chi connectivity index (χ2n) is 5.08. The molecule has 0 aromatic heterocycles. The van der Waals surface area contributed by atoms with Crippen LogP contribution in [0, 0.1) is 0 Å². The van der Waals surface area contributed by atoms with E-state index in [1.807, 2.05) is 0 Å². The van der Waals surface area contributed by atoms with Crippen LogP contribution in [-0.2, 0) is 21.0 Å². The third kappa shape index (κ3) is 4.45. The lowest BCUT2D eigenvalue weighted by Crippen LogP contribution is -2.43. The first kappa shape index (κ1) is 20.0. The highest BCUT2D eigenvalue weighted by atomic mass is 35.5. The standard InChI is InChI=1S/C15H13ClF3N3O3S/c16-11-4-6-13(7-5-11)26(24,25)22(9-14(23)21-20)12-3-1-2-10(8-12)15(17,18)19/h1-8H,9,20H2,(H,21,23). The van der Waals surface area contributed by atoms with Crippen molar-refractivity contribution in [2.45, 2.75) is 11.1 Å². The Morgan fingerprint density at radius 2 is 1.77 bits per heavy atom. The lowest BCUT2D eigenvalue weighted by molar-refractivity contribution is -0.137. The molecule has 0 saturated heterocycles. The Balaban J connectivity index is 2.57. The molecule has 3 N–H and O–H groups in total. The molecule has 0 spiro atoms. The maximum absolute atomic E-state index is 12.9. The zero-order valence-corrected chi connectivity index (χ0v) is 14.6. The monoisotopic (exact) mass is 407 g/mol. The molecule has 0 bridgehead atoms. The van der Waals surface area contributed by atoms with Crippen molar-refractivity contribution in [3.8, 4) is 0 Å².